The van der Waals surface area contributed by atoms with E-state index in [1.807, 2.05) is 12.1 Å². The Morgan fingerprint density at radius 3 is 2.49 bits per heavy atom. The number of nitrogens with zero attached hydrogens (tertiary/aromatic N) is 1. The highest BCUT2D eigenvalue weighted by Gasteiger charge is 2.43. The molecule has 3 N–H and O–H groups in total. The number of Topliss-reactive ketones (excluding diaryl/α,β-unsaturated/α-hetero) is 1. The minimum Gasteiger partial charge on any atom is -0.493 e. The van der Waals surface area contributed by atoms with E-state index in [9.17, 15) is 19.7 Å². The summed E-state index contributed by atoms with van der Waals surface area (Å²) in [6.07, 6.45) is 0.598. The molecule has 0 bridgehead atoms. The molecular weight excluding hydrogens is 484 g/mol. The van der Waals surface area contributed by atoms with Gasteiger partial charge in [0, 0.05) is 23.3 Å². The van der Waals surface area contributed by atoms with Gasteiger partial charge in [-0.1, -0.05) is 6.07 Å². The van der Waals surface area contributed by atoms with Crippen molar-refractivity contribution in [1.29, 1.82) is 0 Å². The monoisotopic (exact) mass is 506 g/mol. The van der Waals surface area contributed by atoms with Crippen LogP contribution in [-0.4, -0.2) is 41.9 Å². The van der Waals surface area contributed by atoms with Gasteiger partial charge in [-0.15, -0.1) is 0 Å². The molecule has 0 saturated carbocycles. The average Bonchev–Trinajstić information content (AvgIpc) is 3.52. The molecule has 2 unspecified atom stereocenters. The summed E-state index contributed by atoms with van der Waals surface area (Å²) in [5.74, 6) is 0.696. The van der Waals surface area contributed by atoms with Gasteiger partial charge in [-0.05, 0) is 36.1 Å². The lowest BCUT2D eigenvalue weighted by Gasteiger charge is -2.34. The van der Waals surface area contributed by atoms with Crippen LogP contribution in [0.4, 0.5) is 11.5 Å². The van der Waals surface area contributed by atoms with Crippen molar-refractivity contribution in [2.45, 2.75) is 24.7 Å². The SMILES string of the molecule is COc1ccc(C2CC(=O)C3=C(C2)Nc2[nH][nH]c(=O)c2C3c2cc3c(cc2[N+](=O)[O-])OCO3)cc1OC. The Kier molecular flexibility index (Phi) is 5.18. The lowest BCUT2D eigenvalue weighted by atomic mass is 9.72. The average molecular weight is 506 g/mol. The van der Waals surface area contributed by atoms with E-state index in [2.05, 4.69) is 15.5 Å². The number of benzene rings is 2. The molecule has 12 nitrogen and oxygen atoms in total. The zero-order valence-electron chi connectivity index (χ0n) is 19.9. The number of aromatic amines is 2. The smallest absolute Gasteiger partial charge is 0.277 e. The number of methoxy groups -OCH3 is 2. The molecule has 3 aliphatic rings. The fourth-order valence-corrected chi connectivity index (χ4v) is 5.41. The van der Waals surface area contributed by atoms with E-state index in [0.29, 0.717) is 40.8 Å². The van der Waals surface area contributed by atoms with Gasteiger partial charge in [-0.25, -0.2) is 0 Å². The van der Waals surface area contributed by atoms with Crippen molar-refractivity contribution >= 4 is 17.3 Å². The largest absolute Gasteiger partial charge is 0.493 e. The maximum absolute atomic E-state index is 13.7. The van der Waals surface area contributed by atoms with Gasteiger partial charge in [0.2, 0.25) is 6.79 Å². The lowest BCUT2D eigenvalue weighted by molar-refractivity contribution is -0.385. The molecule has 12 heteroatoms. The number of carbonyl (C=O) groups is 1. The number of nitrogens with one attached hydrogen (secondary N) is 3. The predicted molar refractivity (Wildman–Crippen MR) is 130 cm³/mol. The van der Waals surface area contributed by atoms with Crippen LogP contribution >= 0.6 is 0 Å². The molecule has 1 aromatic heterocycles. The molecule has 0 saturated heterocycles. The number of hydrogen-bond donors (Lipinski definition) is 3. The number of nitro benzene ring substituents is 1. The summed E-state index contributed by atoms with van der Waals surface area (Å²) in [5.41, 5.74) is 1.47. The molecular formula is C25H22N4O8. The zero-order valence-corrected chi connectivity index (χ0v) is 19.9. The fourth-order valence-electron chi connectivity index (χ4n) is 5.41. The minimum atomic E-state index is -0.963. The van der Waals surface area contributed by atoms with E-state index >= 15 is 0 Å². The van der Waals surface area contributed by atoms with Gasteiger partial charge in [0.15, 0.2) is 28.8 Å². The molecule has 0 spiro atoms. The number of allylic oxidation sites excluding steroid dienone is 2. The van der Waals surface area contributed by atoms with E-state index in [-0.39, 0.29) is 47.5 Å². The lowest BCUT2D eigenvalue weighted by Crippen LogP contribution is -2.31. The number of nitro groups is 1. The second kappa shape index (κ2) is 8.43. The van der Waals surface area contributed by atoms with Crippen LogP contribution in [0.25, 0.3) is 0 Å². The van der Waals surface area contributed by atoms with Crippen LogP contribution < -0.4 is 29.8 Å². The number of rotatable bonds is 5. The first-order valence-electron chi connectivity index (χ1n) is 11.5. The Hall–Kier alpha value is -4.74. The highest BCUT2D eigenvalue weighted by Crippen LogP contribution is 2.51. The molecule has 37 heavy (non-hydrogen) atoms. The molecule has 6 rings (SSSR count). The maximum atomic E-state index is 13.7. The van der Waals surface area contributed by atoms with Gasteiger partial charge in [-0.2, -0.15) is 0 Å². The van der Waals surface area contributed by atoms with Crippen LogP contribution in [-0.2, 0) is 4.79 Å². The first kappa shape index (κ1) is 22.7. The number of aromatic nitrogens is 2. The summed E-state index contributed by atoms with van der Waals surface area (Å²) < 4.78 is 21.5. The first-order chi connectivity index (χ1) is 17.9. The quantitative estimate of drug-likeness (QED) is 0.349. The van der Waals surface area contributed by atoms with Crippen LogP contribution in [0, 0.1) is 10.1 Å². The second-order valence-electron chi connectivity index (χ2n) is 8.98. The third-order valence-electron chi connectivity index (χ3n) is 7.08. The molecule has 1 aliphatic carbocycles. The highest BCUT2D eigenvalue weighted by atomic mass is 16.7. The van der Waals surface area contributed by atoms with E-state index in [1.54, 1.807) is 20.3 Å². The van der Waals surface area contributed by atoms with Gasteiger partial charge in [0.25, 0.3) is 11.2 Å². The van der Waals surface area contributed by atoms with Crippen molar-refractivity contribution in [3.8, 4) is 23.0 Å². The molecule has 2 aliphatic heterocycles. The summed E-state index contributed by atoms with van der Waals surface area (Å²) in [6, 6.07) is 8.29. The maximum Gasteiger partial charge on any atom is 0.277 e. The van der Waals surface area contributed by atoms with Gasteiger partial charge >= 0.3 is 0 Å². The van der Waals surface area contributed by atoms with Crippen molar-refractivity contribution in [1.82, 2.24) is 10.2 Å². The van der Waals surface area contributed by atoms with Crippen LogP contribution in [0.5, 0.6) is 23.0 Å². The Morgan fingerprint density at radius 2 is 1.76 bits per heavy atom. The molecule has 190 valence electrons. The summed E-state index contributed by atoms with van der Waals surface area (Å²) >= 11 is 0. The van der Waals surface area contributed by atoms with Crippen LogP contribution in [0.2, 0.25) is 0 Å². The zero-order chi connectivity index (χ0) is 25.8. The molecule has 3 aromatic rings. The van der Waals surface area contributed by atoms with Gasteiger partial charge in [-0.3, -0.25) is 29.9 Å². The Morgan fingerprint density at radius 1 is 1.00 bits per heavy atom. The van der Waals surface area contributed by atoms with Crippen LogP contribution in [0.15, 0.2) is 46.4 Å². The van der Waals surface area contributed by atoms with Crippen molar-refractivity contribution in [3.05, 3.63) is 78.8 Å². The summed E-state index contributed by atoms with van der Waals surface area (Å²) in [7, 11) is 3.10. The molecule has 2 atom stereocenters. The minimum absolute atomic E-state index is 0.0714. The van der Waals surface area contributed by atoms with Gasteiger partial charge < -0.3 is 24.3 Å². The number of ketones is 1. The second-order valence-corrected chi connectivity index (χ2v) is 8.98. The van der Waals surface area contributed by atoms with Crippen molar-refractivity contribution in [2.75, 3.05) is 26.3 Å². The Bertz CT molecular complexity index is 1550. The summed E-state index contributed by atoms with van der Waals surface area (Å²) in [5, 5.41) is 20.6. The third kappa shape index (κ3) is 3.51. The number of carbonyl (C=O) groups excluding carboxylic acids is 1. The topological polar surface area (TPSA) is 158 Å². The molecule has 0 radical (unpaired) electrons. The molecule has 0 amide bonds. The number of hydrogen-bond acceptors (Lipinski definition) is 9. The Balaban J connectivity index is 1.49. The van der Waals surface area contributed by atoms with Gasteiger partial charge in [0.05, 0.1) is 36.7 Å². The number of H-pyrrole nitrogens is 2. The summed E-state index contributed by atoms with van der Waals surface area (Å²) in [4.78, 5) is 38.1. The fraction of sp³-hybridized carbons (Fsp3) is 0.280. The highest BCUT2D eigenvalue weighted by molar-refractivity contribution is 6.02. The number of ether oxygens (including phenoxy) is 4. The normalized spacial score (nSPS) is 19.7. The van der Waals surface area contributed by atoms with E-state index in [0.717, 1.165) is 5.56 Å². The third-order valence-corrected chi connectivity index (χ3v) is 7.08. The van der Waals surface area contributed by atoms with E-state index < -0.39 is 16.4 Å². The number of fused-ring (bicyclic) bond motifs is 2. The van der Waals surface area contributed by atoms with Crippen molar-refractivity contribution in [3.63, 3.8) is 0 Å². The molecule has 2 aromatic carbocycles. The van der Waals surface area contributed by atoms with Crippen LogP contribution in [0.3, 0.4) is 0 Å². The van der Waals surface area contributed by atoms with Crippen molar-refractivity contribution < 1.29 is 28.7 Å². The van der Waals surface area contributed by atoms with E-state index in [4.69, 9.17) is 18.9 Å². The van der Waals surface area contributed by atoms with Crippen molar-refractivity contribution in [2.24, 2.45) is 0 Å². The predicted octanol–water partition coefficient (Wildman–Crippen LogP) is 3.32. The van der Waals surface area contributed by atoms with Gasteiger partial charge in [0.1, 0.15) is 5.82 Å². The Labute approximate surface area is 209 Å². The van der Waals surface area contributed by atoms with Crippen LogP contribution in [0.1, 0.15) is 41.4 Å². The standard InChI is InChI=1S/C25H22N4O8/c1-34-17-4-3-11(7-18(17)35-2)12-5-14-22(16(30)6-12)21(23-24(26-14)27-28-25(23)31)13-8-19-20(37-10-36-19)9-15(13)29(32)33/h3-4,7-9,12,21H,5-6,10H2,1-2H3,(H3,26,27,28,31). The summed E-state index contributed by atoms with van der Waals surface area (Å²) in [6.45, 7) is -0.0714. The first-order valence-corrected chi connectivity index (χ1v) is 11.5. The van der Waals surface area contributed by atoms with E-state index in [1.165, 1.54) is 12.1 Å². The number of anilines is 1. The molecule has 0 fully saturated rings. The molecule has 3 heterocycles.